The first-order valence-corrected chi connectivity index (χ1v) is 5.96. The van der Waals surface area contributed by atoms with Crippen LogP contribution in [0.3, 0.4) is 0 Å². The highest BCUT2D eigenvalue weighted by molar-refractivity contribution is 6.43. The third-order valence-corrected chi connectivity index (χ3v) is 3.30. The maximum absolute atomic E-state index is 8.93. The molecule has 5 heteroatoms. The van der Waals surface area contributed by atoms with Gasteiger partial charge >= 0.3 is 0 Å². The Labute approximate surface area is 115 Å². The SMILES string of the molecule is CNc1nc(-c2cccc(Cl)c2Cl)ccc1C#N. The van der Waals surface area contributed by atoms with E-state index >= 15 is 0 Å². The molecule has 18 heavy (non-hydrogen) atoms. The molecule has 0 radical (unpaired) electrons. The van der Waals surface area contributed by atoms with E-state index in [2.05, 4.69) is 16.4 Å². The number of pyridine rings is 1. The minimum Gasteiger partial charge on any atom is -0.372 e. The van der Waals surface area contributed by atoms with Crippen LogP contribution in [0, 0.1) is 11.3 Å². The number of anilines is 1. The molecular weight excluding hydrogens is 269 g/mol. The van der Waals surface area contributed by atoms with E-state index in [0.29, 0.717) is 27.1 Å². The van der Waals surface area contributed by atoms with Crippen LogP contribution in [0.15, 0.2) is 30.3 Å². The van der Waals surface area contributed by atoms with Crippen molar-refractivity contribution in [2.24, 2.45) is 0 Å². The van der Waals surface area contributed by atoms with Crippen LogP contribution in [-0.4, -0.2) is 12.0 Å². The minimum absolute atomic E-state index is 0.457. The Morgan fingerprint density at radius 1 is 1.22 bits per heavy atom. The van der Waals surface area contributed by atoms with Crippen molar-refractivity contribution >= 4 is 29.0 Å². The molecule has 0 amide bonds. The Balaban J connectivity index is 2.59. The van der Waals surface area contributed by atoms with E-state index in [4.69, 9.17) is 28.5 Å². The van der Waals surface area contributed by atoms with Crippen LogP contribution in [0.4, 0.5) is 5.82 Å². The molecule has 0 aliphatic rings. The Bertz CT molecular complexity index is 633. The van der Waals surface area contributed by atoms with Crippen LogP contribution in [0.5, 0.6) is 0 Å². The molecule has 1 heterocycles. The van der Waals surface area contributed by atoms with Gasteiger partial charge in [0.1, 0.15) is 11.9 Å². The maximum atomic E-state index is 8.93. The lowest BCUT2D eigenvalue weighted by atomic mass is 10.1. The van der Waals surface area contributed by atoms with Gasteiger partial charge in [0.05, 0.1) is 21.3 Å². The number of nitriles is 1. The molecule has 0 saturated carbocycles. The molecule has 0 aliphatic carbocycles. The fourth-order valence-corrected chi connectivity index (χ4v) is 1.99. The van der Waals surface area contributed by atoms with E-state index < -0.39 is 0 Å². The molecule has 1 aromatic carbocycles. The summed E-state index contributed by atoms with van der Waals surface area (Å²) >= 11 is 12.1. The molecule has 0 aliphatic heterocycles. The highest BCUT2D eigenvalue weighted by atomic mass is 35.5. The molecule has 0 bridgehead atoms. The van der Waals surface area contributed by atoms with Gasteiger partial charge in [-0.1, -0.05) is 35.3 Å². The lowest BCUT2D eigenvalue weighted by Gasteiger charge is -2.08. The van der Waals surface area contributed by atoms with Crippen molar-refractivity contribution in [1.29, 1.82) is 5.26 Å². The molecule has 3 nitrogen and oxygen atoms in total. The van der Waals surface area contributed by atoms with E-state index in [1.165, 1.54) is 0 Å². The molecule has 0 fully saturated rings. The largest absolute Gasteiger partial charge is 0.372 e. The van der Waals surface area contributed by atoms with Crippen molar-refractivity contribution in [2.75, 3.05) is 12.4 Å². The third-order valence-electron chi connectivity index (χ3n) is 2.48. The molecule has 2 aromatic rings. The second-order valence-corrected chi connectivity index (χ2v) is 4.34. The van der Waals surface area contributed by atoms with Crippen molar-refractivity contribution in [1.82, 2.24) is 4.98 Å². The zero-order chi connectivity index (χ0) is 13.1. The Morgan fingerprint density at radius 3 is 2.67 bits per heavy atom. The first-order chi connectivity index (χ1) is 8.67. The summed E-state index contributed by atoms with van der Waals surface area (Å²) in [4.78, 5) is 4.36. The number of nitrogens with zero attached hydrogens (tertiary/aromatic N) is 2. The zero-order valence-corrected chi connectivity index (χ0v) is 11.0. The number of nitrogens with one attached hydrogen (secondary N) is 1. The summed E-state index contributed by atoms with van der Waals surface area (Å²) < 4.78 is 0. The summed E-state index contributed by atoms with van der Waals surface area (Å²) in [5.74, 6) is 0.519. The average Bonchev–Trinajstić information content (AvgIpc) is 2.41. The van der Waals surface area contributed by atoms with Gasteiger partial charge in [-0.3, -0.25) is 0 Å². The van der Waals surface area contributed by atoms with Crippen LogP contribution in [0.1, 0.15) is 5.56 Å². The van der Waals surface area contributed by atoms with Crippen LogP contribution in [0.2, 0.25) is 10.0 Å². The number of halogens is 2. The van der Waals surface area contributed by atoms with E-state index in [0.717, 1.165) is 5.56 Å². The van der Waals surface area contributed by atoms with Crippen LogP contribution < -0.4 is 5.32 Å². The van der Waals surface area contributed by atoms with Crippen LogP contribution >= 0.6 is 23.2 Å². The van der Waals surface area contributed by atoms with Gasteiger partial charge in [-0.25, -0.2) is 4.98 Å². The van der Waals surface area contributed by atoms with E-state index in [1.54, 1.807) is 25.2 Å². The fraction of sp³-hybridized carbons (Fsp3) is 0.0769. The first-order valence-electron chi connectivity index (χ1n) is 5.20. The Hall–Kier alpha value is -1.76. The average molecular weight is 278 g/mol. The third kappa shape index (κ3) is 2.26. The highest BCUT2D eigenvalue weighted by Gasteiger charge is 2.10. The molecule has 0 spiro atoms. The molecule has 1 aromatic heterocycles. The Kier molecular flexibility index (Phi) is 3.71. The smallest absolute Gasteiger partial charge is 0.144 e. The van der Waals surface area contributed by atoms with Gasteiger partial charge in [0.15, 0.2) is 0 Å². The normalized spacial score (nSPS) is 9.89. The molecule has 0 atom stereocenters. The second kappa shape index (κ2) is 5.26. The fourth-order valence-electron chi connectivity index (χ4n) is 1.59. The zero-order valence-electron chi connectivity index (χ0n) is 9.54. The van der Waals surface area contributed by atoms with Crippen molar-refractivity contribution in [3.8, 4) is 17.3 Å². The number of aromatic nitrogens is 1. The molecule has 90 valence electrons. The minimum atomic E-state index is 0.457. The van der Waals surface area contributed by atoms with Gasteiger partial charge in [0.25, 0.3) is 0 Å². The molecule has 2 rings (SSSR count). The van der Waals surface area contributed by atoms with E-state index in [1.807, 2.05) is 12.1 Å². The van der Waals surface area contributed by atoms with Gasteiger partial charge < -0.3 is 5.32 Å². The van der Waals surface area contributed by atoms with Crippen molar-refractivity contribution < 1.29 is 0 Å². The van der Waals surface area contributed by atoms with Gasteiger partial charge in [0, 0.05) is 12.6 Å². The Morgan fingerprint density at radius 2 is 2.00 bits per heavy atom. The predicted octanol–water partition coefficient (Wildman–Crippen LogP) is 3.97. The lowest BCUT2D eigenvalue weighted by molar-refractivity contribution is 1.27. The summed E-state index contributed by atoms with van der Waals surface area (Å²) in [5, 5.41) is 12.7. The highest BCUT2D eigenvalue weighted by Crippen LogP contribution is 2.33. The van der Waals surface area contributed by atoms with Gasteiger partial charge in [-0.2, -0.15) is 5.26 Å². The summed E-state index contributed by atoms with van der Waals surface area (Å²) in [5.41, 5.74) is 1.90. The van der Waals surface area contributed by atoms with Crippen LogP contribution in [-0.2, 0) is 0 Å². The molecule has 0 saturated heterocycles. The number of hydrogen-bond donors (Lipinski definition) is 1. The van der Waals surface area contributed by atoms with Crippen molar-refractivity contribution in [2.45, 2.75) is 0 Å². The van der Waals surface area contributed by atoms with Gasteiger partial charge in [-0.15, -0.1) is 0 Å². The first kappa shape index (κ1) is 12.7. The van der Waals surface area contributed by atoms with E-state index in [9.17, 15) is 0 Å². The quantitative estimate of drug-likeness (QED) is 0.904. The summed E-state index contributed by atoms with van der Waals surface area (Å²) in [6.07, 6.45) is 0. The summed E-state index contributed by atoms with van der Waals surface area (Å²) in [6.45, 7) is 0. The number of benzene rings is 1. The van der Waals surface area contributed by atoms with Gasteiger partial charge in [-0.05, 0) is 18.2 Å². The predicted molar refractivity (Wildman–Crippen MR) is 74.0 cm³/mol. The van der Waals surface area contributed by atoms with Crippen LogP contribution in [0.25, 0.3) is 11.3 Å². The number of rotatable bonds is 2. The van der Waals surface area contributed by atoms with E-state index in [-0.39, 0.29) is 0 Å². The standard InChI is InChI=1S/C13H9Cl2N3/c1-17-13-8(7-16)5-6-11(18-13)9-3-2-4-10(14)12(9)15/h2-6H,1H3,(H,17,18). The molecular formula is C13H9Cl2N3. The van der Waals surface area contributed by atoms with Crippen molar-refractivity contribution in [3.63, 3.8) is 0 Å². The summed E-state index contributed by atoms with van der Waals surface area (Å²) in [7, 11) is 1.71. The molecule has 0 unspecified atom stereocenters. The monoisotopic (exact) mass is 277 g/mol. The second-order valence-electron chi connectivity index (χ2n) is 3.56. The summed E-state index contributed by atoms with van der Waals surface area (Å²) in [6, 6.07) is 10.9. The van der Waals surface area contributed by atoms with Crippen molar-refractivity contribution in [3.05, 3.63) is 45.9 Å². The van der Waals surface area contributed by atoms with Gasteiger partial charge in [0.2, 0.25) is 0 Å². The number of hydrogen-bond acceptors (Lipinski definition) is 3. The maximum Gasteiger partial charge on any atom is 0.144 e. The molecule has 1 N–H and O–H groups in total. The lowest BCUT2D eigenvalue weighted by Crippen LogP contribution is -1.97. The topological polar surface area (TPSA) is 48.7 Å².